The highest BCUT2D eigenvalue weighted by atomic mass is 16.1. The number of rotatable bonds is 4. The van der Waals surface area contributed by atoms with Gasteiger partial charge in [-0.1, -0.05) is 0 Å². The molecule has 0 radical (unpaired) electrons. The van der Waals surface area contributed by atoms with E-state index in [9.17, 15) is 4.79 Å². The molecule has 0 bridgehead atoms. The molecule has 6 rings (SSSR count). The summed E-state index contributed by atoms with van der Waals surface area (Å²) < 4.78 is 0. The number of fused-ring (bicyclic) bond motifs is 2. The number of hydrogen-bond donors (Lipinski definition) is 2. The Morgan fingerprint density at radius 3 is 2.69 bits per heavy atom. The summed E-state index contributed by atoms with van der Waals surface area (Å²) in [7, 11) is 2.11. The number of H-pyrrole nitrogens is 1. The molecule has 35 heavy (non-hydrogen) atoms. The lowest BCUT2D eigenvalue weighted by molar-refractivity contribution is 0.102. The fourth-order valence-corrected chi connectivity index (χ4v) is 4.13. The van der Waals surface area contributed by atoms with Crippen molar-refractivity contribution < 1.29 is 4.79 Å². The Labute approximate surface area is 201 Å². The van der Waals surface area contributed by atoms with Gasteiger partial charge in [-0.2, -0.15) is 0 Å². The number of hydrogen-bond acceptors (Lipinski definition) is 8. The van der Waals surface area contributed by atoms with E-state index in [1.807, 2.05) is 24.3 Å². The van der Waals surface area contributed by atoms with Crippen molar-refractivity contribution in [1.82, 2.24) is 34.8 Å². The molecule has 1 amide bonds. The van der Waals surface area contributed by atoms with Crippen LogP contribution in [0, 0.1) is 0 Å². The van der Waals surface area contributed by atoms with E-state index in [1.165, 1.54) is 0 Å². The van der Waals surface area contributed by atoms with Crippen molar-refractivity contribution >= 4 is 39.6 Å². The van der Waals surface area contributed by atoms with Gasteiger partial charge in [-0.3, -0.25) is 9.78 Å². The van der Waals surface area contributed by atoms with Crippen LogP contribution in [0.15, 0.2) is 61.2 Å². The van der Waals surface area contributed by atoms with Gasteiger partial charge in [0, 0.05) is 61.8 Å². The molecule has 1 aliphatic heterocycles. The van der Waals surface area contributed by atoms with Crippen LogP contribution in [-0.2, 0) is 0 Å². The zero-order chi connectivity index (χ0) is 23.8. The lowest BCUT2D eigenvalue weighted by Crippen LogP contribution is -2.44. The first-order valence-corrected chi connectivity index (χ1v) is 11.4. The Kier molecular flexibility index (Phi) is 5.27. The average Bonchev–Trinajstić information content (AvgIpc) is 3.37. The molecule has 6 heterocycles. The van der Waals surface area contributed by atoms with E-state index in [0.717, 1.165) is 42.9 Å². The zero-order valence-corrected chi connectivity index (χ0v) is 19.1. The number of nitrogens with zero attached hydrogens (tertiary/aromatic N) is 7. The molecule has 0 unspecified atom stereocenters. The summed E-state index contributed by atoms with van der Waals surface area (Å²) in [5, 5.41) is 3.75. The van der Waals surface area contributed by atoms with Crippen molar-refractivity contribution in [3.05, 3.63) is 66.7 Å². The number of anilines is 2. The minimum Gasteiger partial charge on any atom is -0.354 e. The molecule has 0 aromatic carbocycles. The summed E-state index contributed by atoms with van der Waals surface area (Å²) >= 11 is 0. The topological polar surface area (TPSA) is 116 Å². The Bertz CT molecular complexity index is 1540. The molecule has 0 spiro atoms. The van der Waals surface area contributed by atoms with Crippen molar-refractivity contribution in [2.75, 3.05) is 43.4 Å². The third kappa shape index (κ3) is 4.26. The third-order valence-electron chi connectivity index (χ3n) is 6.17. The van der Waals surface area contributed by atoms with E-state index in [2.05, 4.69) is 47.1 Å². The van der Waals surface area contributed by atoms with E-state index in [4.69, 9.17) is 4.98 Å². The van der Waals surface area contributed by atoms with Crippen LogP contribution in [0.1, 0.15) is 10.4 Å². The summed E-state index contributed by atoms with van der Waals surface area (Å²) in [5.41, 5.74) is 4.10. The summed E-state index contributed by atoms with van der Waals surface area (Å²) in [6, 6.07) is 11.0. The van der Waals surface area contributed by atoms with Crippen LogP contribution in [0.4, 0.5) is 11.6 Å². The number of nitrogens with one attached hydrogen (secondary N) is 2. The maximum atomic E-state index is 13.0. The van der Waals surface area contributed by atoms with Crippen LogP contribution >= 0.6 is 0 Å². The maximum Gasteiger partial charge on any atom is 0.257 e. The molecular weight excluding hydrogens is 442 g/mol. The predicted octanol–water partition coefficient (Wildman–Crippen LogP) is 2.97. The smallest absolute Gasteiger partial charge is 0.257 e. The number of aromatic nitrogens is 6. The van der Waals surface area contributed by atoms with Crippen LogP contribution < -0.4 is 10.2 Å². The summed E-state index contributed by atoms with van der Waals surface area (Å²) in [6.45, 7) is 3.71. The van der Waals surface area contributed by atoms with Crippen LogP contribution in [-0.4, -0.2) is 73.9 Å². The average molecular weight is 466 g/mol. The van der Waals surface area contributed by atoms with Gasteiger partial charge in [0.15, 0.2) is 5.65 Å². The van der Waals surface area contributed by atoms with E-state index in [-0.39, 0.29) is 5.91 Å². The van der Waals surface area contributed by atoms with Crippen molar-refractivity contribution in [3.8, 4) is 11.4 Å². The molecule has 1 aliphatic rings. The first kappa shape index (κ1) is 21.1. The lowest BCUT2D eigenvalue weighted by atomic mass is 10.2. The summed E-state index contributed by atoms with van der Waals surface area (Å²) in [6.07, 6.45) is 6.88. The number of aromatic amines is 1. The molecule has 174 valence electrons. The monoisotopic (exact) mass is 465 g/mol. The van der Waals surface area contributed by atoms with Gasteiger partial charge in [0.05, 0.1) is 17.4 Å². The van der Waals surface area contributed by atoms with Crippen LogP contribution in [0.25, 0.3) is 33.5 Å². The molecule has 5 aromatic rings. The van der Waals surface area contributed by atoms with Gasteiger partial charge < -0.3 is 20.1 Å². The zero-order valence-electron chi connectivity index (χ0n) is 19.1. The van der Waals surface area contributed by atoms with Crippen LogP contribution in [0.3, 0.4) is 0 Å². The van der Waals surface area contributed by atoms with Gasteiger partial charge in [0.2, 0.25) is 0 Å². The quantitative estimate of drug-likeness (QED) is 0.416. The van der Waals surface area contributed by atoms with Crippen molar-refractivity contribution in [2.24, 2.45) is 0 Å². The minimum absolute atomic E-state index is 0.242. The minimum atomic E-state index is -0.242. The first-order chi connectivity index (χ1) is 17.1. The lowest BCUT2D eigenvalue weighted by Gasteiger charge is -2.33. The molecule has 10 nitrogen and oxygen atoms in total. The number of piperazine rings is 1. The molecule has 1 saturated heterocycles. The molecular formula is C25H23N9O. The second kappa shape index (κ2) is 8.73. The van der Waals surface area contributed by atoms with Gasteiger partial charge >= 0.3 is 0 Å². The summed E-state index contributed by atoms with van der Waals surface area (Å²) in [5.74, 6) is 0.994. The highest BCUT2D eigenvalue weighted by Gasteiger charge is 2.17. The van der Waals surface area contributed by atoms with Gasteiger partial charge in [-0.05, 0) is 37.4 Å². The number of amides is 1. The molecule has 0 saturated carbocycles. The predicted molar refractivity (Wildman–Crippen MR) is 134 cm³/mol. The Morgan fingerprint density at radius 2 is 1.80 bits per heavy atom. The van der Waals surface area contributed by atoms with Crippen LogP contribution in [0.5, 0.6) is 0 Å². The summed E-state index contributed by atoms with van der Waals surface area (Å²) in [4.78, 5) is 43.1. The standard InChI is InChI=1S/C25H23N9O/c1-33-8-10-34(11-9-33)23-12-16(4-6-26-23)25(35)32-22-13-20-17(14-29-22)2-3-18(30-20)21-15-28-19-5-7-27-24(19)31-21/h2-7,12-15H,8-11H2,1H3,(H,27,31)(H,29,32,35). The van der Waals surface area contributed by atoms with E-state index >= 15 is 0 Å². The number of carbonyl (C=O) groups excluding carboxylic acids is 1. The molecule has 0 atom stereocenters. The molecule has 2 N–H and O–H groups in total. The Morgan fingerprint density at radius 1 is 0.914 bits per heavy atom. The molecule has 5 aromatic heterocycles. The molecule has 0 aliphatic carbocycles. The maximum absolute atomic E-state index is 13.0. The molecule has 10 heteroatoms. The van der Waals surface area contributed by atoms with Gasteiger partial charge in [0.25, 0.3) is 5.91 Å². The SMILES string of the molecule is CN1CCN(c2cc(C(=O)Nc3cc4nc(-c5cnc6cc[nH]c6n5)ccc4cn3)ccn2)CC1. The van der Waals surface area contributed by atoms with Crippen LogP contribution in [0.2, 0.25) is 0 Å². The fourth-order valence-electron chi connectivity index (χ4n) is 4.13. The van der Waals surface area contributed by atoms with Crippen molar-refractivity contribution in [2.45, 2.75) is 0 Å². The third-order valence-corrected chi connectivity index (χ3v) is 6.17. The highest BCUT2D eigenvalue weighted by Crippen LogP contribution is 2.22. The Balaban J connectivity index is 1.24. The first-order valence-electron chi connectivity index (χ1n) is 11.4. The van der Waals surface area contributed by atoms with Gasteiger partial charge in [0.1, 0.15) is 22.8 Å². The fraction of sp³-hybridized carbons (Fsp3) is 0.200. The van der Waals surface area contributed by atoms with Crippen molar-refractivity contribution in [3.63, 3.8) is 0 Å². The highest BCUT2D eigenvalue weighted by molar-refractivity contribution is 6.04. The van der Waals surface area contributed by atoms with E-state index in [1.54, 1.807) is 36.9 Å². The van der Waals surface area contributed by atoms with Crippen molar-refractivity contribution in [1.29, 1.82) is 0 Å². The molecule has 1 fully saturated rings. The largest absolute Gasteiger partial charge is 0.354 e. The normalized spacial score (nSPS) is 14.5. The van der Waals surface area contributed by atoms with Gasteiger partial charge in [-0.15, -0.1) is 0 Å². The second-order valence-electron chi connectivity index (χ2n) is 8.57. The van der Waals surface area contributed by atoms with E-state index < -0.39 is 0 Å². The Hall–Kier alpha value is -4.44. The van der Waals surface area contributed by atoms with E-state index in [0.29, 0.717) is 33.9 Å². The number of pyridine rings is 3. The second-order valence-corrected chi connectivity index (χ2v) is 8.57. The number of carbonyl (C=O) groups is 1. The number of likely N-dealkylation sites (N-methyl/N-ethyl adjacent to an activating group) is 1. The van der Waals surface area contributed by atoms with Gasteiger partial charge in [-0.25, -0.2) is 19.9 Å².